The summed E-state index contributed by atoms with van der Waals surface area (Å²) in [6.07, 6.45) is 0.141. The van der Waals surface area contributed by atoms with Gasteiger partial charge in [0.05, 0.1) is 6.10 Å². The number of aliphatic hydroxyl groups is 1. The van der Waals surface area contributed by atoms with Crippen LogP contribution in [0.3, 0.4) is 0 Å². The van der Waals surface area contributed by atoms with Gasteiger partial charge in [0.1, 0.15) is 5.82 Å². The molecule has 0 saturated carbocycles. The second kappa shape index (κ2) is 5.83. The molecule has 0 aromatic heterocycles. The molecule has 0 aliphatic heterocycles. The number of nitrogens with one attached hydrogen (secondary N) is 1. The molecular weight excluding hydrogens is 193 g/mol. The lowest BCUT2D eigenvalue weighted by atomic mass is 10.0. The Morgan fingerprint density at radius 3 is 2.80 bits per heavy atom. The summed E-state index contributed by atoms with van der Waals surface area (Å²) in [5.74, 6) is -0.224. The van der Waals surface area contributed by atoms with Gasteiger partial charge in [0.25, 0.3) is 0 Å². The van der Waals surface area contributed by atoms with Crippen molar-refractivity contribution in [1.82, 2.24) is 5.32 Å². The predicted molar refractivity (Wildman–Crippen MR) is 59.3 cm³/mol. The van der Waals surface area contributed by atoms with Crippen LogP contribution in [-0.2, 0) is 0 Å². The summed E-state index contributed by atoms with van der Waals surface area (Å²) < 4.78 is 13.0. The van der Waals surface area contributed by atoms with Crippen LogP contribution in [0.25, 0.3) is 0 Å². The van der Waals surface area contributed by atoms with Crippen LogP contribution in [0.5, 0.6) is 0 Å². The largest absolute Gasteiger partial charge is 0.388 e. The zero-order valence-corrected chi connectivity index (χ0v) is 9.26. The fourth-order valence-corrected chi connectivity index (χ4v) is 1.46. The smallest absolute Gasteiger partial charge is 0.126 e. The Morgan fingerprint density at radius 2 is 2.20 bits per heavy atom. The molecule has 0 aliphatic rings. The molecule has 0 heterocycles. The predicted octanol–water partition coefficient (Wildman–Crippen LogP) is 2.17. The molecule has 2 N–H and O–H groups in total. The van der Waals surface area contributed by atoms with E-state index in [1.807, 2.05) is 6.92 Å². The number of aliphatic hydroxyl groups excluding tert-OH is 1. The lowest BCUT2D eigenvalue weighted by Crippen LogP contribution is -2.16. The first-order valence-electron chi connectivity index (χ1n) is 5.30. The molecule has 1 aromatic carbocycles. The quantitative estimate of drug-likeness (QED) is 0.731. The van der Waals surface area contributed by atoms with Crippen LogP contribution < -0.4 is 5.32 Å². The van der Waals surface area contributed by atoms with Gasteiger partial charge in [-0.2, -0.15) is 0 Å². The molecule has 0 amide bonds. The van der Waals surface area contributed by atoms with E-state index >= 15 is 0 Å². The topological polar surface area (TPSA) is 32.3 Å². The van der Waals surface area contributed by atoms with Gasteiger partial charge in [-0.05, 0) is 43.6 Å². The van der Waals surface area contributed by atoms with Crippen LogP contribution in [-0.4, -0.2) is 18.2 Å². The van der Waals surface area contributed by atoms with Gasteiger partial charge in [0, 0.05) is 0 Å². The maximum absolute atomic E-state index is 13.0. The molecule has 0 spiro atoms. The van der Waals surface area contributed by atoms with Crippen LogP contribution in [0.4, 0.5) is 4.39 Å². The van der Waals surface area contributed by atoms with Crippen molar-refractivity contribution >= 4 is 0 Å². The number of rotatable bonds is 5. The van der Waals surface area contributed by atoms with Crippen molar-refractivity contribution in [1.29, 1.82) is 0 Å². The molecule has 0 radical (unpaired) electrons. The molecular formula is C12H18FNO. The Hall–Kier alpha value is -0.930. The summed E-state index contributed by atoms with van der Waals surface area (Å²) in [7, 11) is 0. The highest BCUT2D eigenvalue weighted by atomic mass is 19.1. The second-order valence-electron chi connectivity index (χ2n) is 3.67. The molecule has 0 fully saturated rings. The van der Waals surface area contributed by atoms with E-state index in [1.165, 1.54) is 6.07 Å². The Bertz CT molecular complexity index is 314. The van der Waals surface area contributed by atoms with E-state index in [-0.39, 0.29) is 5.82 Å². The fourth-order valence-electron chi connectivity index (χ4n) is 1.46. The summed E-state index contributed by atoms with van der Waals surface area (Å²) in [5.41, 5.74) is 1.36. The van der Waals surface area contributed by atoms with Gasteiger partial charge in [0.2, 0.25) is 0 Å². The van der Waals surface area contributed by atoms with Gasteiger partial charge in [-0.1, -0.05) is 19.1 Å². The van der Waals surface area contributed by atoms with Crippen molar-refractivity contribution in [2.24, 2.45) is 0 Å². The van der Waals surface area contributed by atoms with Crippen molar-refractivity contribution in [3.63, 3.8) is 0 Å². The minimum atomic E-state index is -0.511. The first kappa shape index (κ1) is 12.1. The van der Waals surface area contributed by atoms with Gasteiger partial charge < -0.3 is 10.4 Å². The Balaban J connectivity index is 2.57. The van der Waals surface area contributed by atoms with Crippen molar-refractivity contribution in [3.8, 4) is 0 Å². The molecule has 0 saturated heterocycles. The van der Waals surface area contributed by atoms with Crippen molar-refractivity contribution in [2.45, 2.75) is 26.4 Å². The lowest BCUT2D eigenvalue weighted by molar-refractivity contribution is 0.167. The molecule has 84 valence electrons. The number of benzene rings is 1. The van der Waals surface area contributed by atoms with E-state index in [4.69, 9.17) is 0 Å². The normalized spacial score (nSPS) is 12.8. The van der Waals surface area contributed by atoms with Crippen molar-refractivity contribution in [3.05, 3.63) is 35.1 Å². The standard InChI is InChI=1S/C12H18FNO/c1-3-14-7-6-12(15)10-4-5-11(13)9(2)8-10/h4-5,8,12,14-15H,3,6-7H2,1-2H3. The maximum Gasteiger partial charge on any atom is 0.126 e. The van der Waals surface area contributed by atoms with Gasteiger partial charge >= 0.3 is 0 Å². The average molecular weight is 211 g/mol. The summed E-state index contributed by atoms with van der Waals surface area (Å²) in [6, 6.07) is 4.74. The van der Waals surface area contributed by atoms with Crippen LogP contribution in [0.2, 0.25) is 0 Å². The number of hydrogen-bond acceptors (Lipinski definition) is 2. The van der Waals surface area contributed by atoms with Gasteiger partial charge in [0.15, 0.2) is 0 Å². The molecule has 15 heavy (non-hydrogen) atoms. The van der Waals surface area contributed by atoms with E-state index in [2.05, 4.69) is 5.32 Å². The first-order valence-corrected chi connectivity index (χ1v) is 5.30. The van der Waals surface area contributed by atoms with Crippen molar-refractivity contribution in [2.75, 3.05) is 13.1 Å². The van der Waals surface area contributed by atoms with E-state index in [1.54, 1.807) is 19.1 Å². The lowest BCUT2D eigenvalue weighted by Gasteiger charge is -2.12. The average Bonchev–Trinajstić information content (AvgIpc) is 2.22. The third-order valence-corrected chi connectivity index (χ3v) is 2.41. The molecule has 0 bridgehead atoms. The third-order valence-electron chi connectivity index (χ3n) is 2.41. The third kappa shape index (κ3) is 3.61. The molecule has 0 aliphatic carbocycles. The van der Waals surface area contributed by atoms with Gasteiger partial charge in [-0.25, -0.2) is 4.39 Å². The maximum atomic E-state index is 13.0. The monoisotopic (exact) mass is 211 g/mol. The van der Waals surface area contributed by atoms with Gasteiger partial charge in [-0.3, -0.25) is 0 Å². The Morgan fingerprint density at radius 1 is 1.47 bits per heavy atom. The molecule has 1 atom stereocenters. The molecule has 2 nitrogen and oxygen atoms in total. The van der Waals surface area contributed by atoms with Crippen LogP contribution in [0.1, 0.15) is 30.6 Å². The molecule has 1 aromatic rings. The van der Waals surface area contributed by atoms with E-state index in [0.717, 1.165) is 18.7 Å². The number of aryl methyl sites for hydroxylation is 1. The highest BCUT2D eigenvalue weighted by molar-refractivity contribution is 5.25. The zero-order valence-electron chi connectivity index (χ0n) is 9.26. The zero-order chi connectivity index (χ0) is 11.3. The highest BCUT2D eigenvalue weighted by Crippen LogP contribution is 2.18. The number of hydrogen-bond donors (Lipinski definition) is 2. The molecule has 1 rings (SSSR count). The van der Waals surface area contributed by atoms with Crippen LogP contribution >= 0.6 is 0 Å². The fraction of sp³-hybridized carbons (Fsp3) is 0.500. The van der Waals surface area contributed by atoms with Crippen LogP contribution in [0, 0.1) is 12.7 Å². The van der Waals surface area contributed by atoms with E-state index < -0.39 is 6.10 Å². The Kier molecular flexibility index (Phi) is 4.72. The minimum Gasteiger partial charge on any atom is -0.388 e. The van der Waals surface area contributed by atoms with E-state index in [0.29, 0.717) is 12.0 Å². The second-order valence-corrected chi connectivity index (χ2v) is 3.67. The van der Waals surface area contributed by atoms with Crippen molar-refractivity contribution < 1.29 is 9.50 Å². The first-order chi connectivity index (χ1) is 7.15. The summed E-state index contributed by atoms with van der Waals surface area (Å²) in [4.78, 5) is 0. The SMILES string of the molecule is CCNCCC(O)c1ccc(F)c(C)c1. The molecule has 3 heteroatoms. The minimum absolute atomic E-state index is 0.224. The highest BCUT2D eigenvalue weighted by Gasteiger charge is 2.08. The summed E-state index contributed by atoms with van der Waals surface area (Å²) in [5, 5.41) is 12.9. The van der Waals surface area contributed by atoms with E-state index in [9.17, 15) is 9.50 Å². The van der Waals surface area contributed by atoms with Gasteiger partial charge in [-0.15, -0.1) is 0 Å². The molecule has 1 unspecified atom stereocenters. The Labute approximate surface area is 90.1 Å². The summed E-state index contributed by atoms with van der Waals surface area (Å²) >= 11 is 0. The summed E-state index contributed by atoms with van der Waals surface area (Å²) in [6.45, 7) is 5.40. The van der Waals surface area contributed by atoms with Crippen LogP contribution in [0.15, 0.2) is 18.2 Å². The number of halogens is 1.